The molecule has 0 aromatic heterocycles. The molecule has 0 saturated carbocycles. The Kier molecular flexibility index (Phi) is 6.90. The number of nitro benzene ring substituents is 1. The maximum Gasteiger partial charge on any atom is 0.278 e. The van der Waals surface area contributed by atoms with Gasteiger partial charge in [-0.1, -0.05) is 30.3 Å². The standard InChI is InChI=1S/C21H17FN4O5S/c22-17-10-12-18(13-11-17)25(32(30,31)19-7-2-1-3-8-19)15-21(27)24-23-14-16-6-4-5-9-20(16)26(28)29/h1-14H,15H2,(H,24,27)/b23-14-. The van der Waals surface area contributed by atoms with Gasteiger partial charge in [0.15, 0.2) is 0 Å². The van der Waals surface area contributed by atoms with Gasteiger partial charge in [0, 0.05) is 6.07 Å². The van der Waals surface area contributed by atoms with Gasteiger partial charge in [-0.15, -0.1) is 0 Å². The normalized spacial score (nSPS) is 11.3. The van der Waals surface area contributed by atoms with Gasteiger partial charge in [-0.05, 0) is 42.5 Å². The maximum absolute atomic E-state index is 13.3. The van der Waals surface area contributed by atoms with E-state index in [1.165, 1.54) is 54.6 Å². The van der Waals surface area contributed by atoms with E-state index in [1.54, 1.807) is 12.1 Å². The third-order valence-corrected chi connectivity index (χ3v) is 6.05. The highest BCUT2D eigenvalue weighted by atomic mass is 32.2. The lowest BCUT2D eigenvalue weighted by Gasteiger charge is -2.23. The van der Waals surface area contributed by atoms with E-state index in [2.05, 4.69) is 10.5 Å². The number of nitrogens with one attached hydrogen (secondary N) is 1. The van der Waals surface area contributed by atoms with Crippen LogP contribution in [-0.4, -0.2) is 32.0 Å². The number of carbonyl (C=O) groups excluding carboxylic acids is 1. The molecule has 3 aromatic rings. The molecule has 0 atom stereocenters. The van der Waals surface area contributed by atoms with Crippen molar-refractivity contribution in [2.24, 2.45) is 5.10 Å². The van der Waals surface area contributed by atoms with Crippen LogP contribution in [0.3, 0.4) is 0 Å². The smallest absolute Gasteiger partial charge is 0.271 e. The van der Waals surface area contributed by atoms with Crippen LogP contribution in [-0.2, 0) is 14.8 Å². The minimum atomic E-state index is -4.15. The van der Waals surface area contributed by atoms with Crippen LogP contribution in [0.25, 0.3) is 0 Å². The Bertz CT molecular complexity index is 1250. The second-order valence-corrected chi connectivity index (χ2v) is 8.27. The van der Waals surface area contributed by atoms with Gasteiger partial charge in [0.1, 0.15) is 12.4 Å². The first kappa shape index (κ1) is 22.6. The van der Waals surface area contributed by atoms with Gasteiger partial charge in [-0.2, -0.15) is 5.10 Å². The van der Waals surface area contributed by atoms with Crippen LogP contribution >= 0.6 is 0 Å². The van der Waals surface area contributed by atoms with Crippen LogP contribution < -0.4 is 9.73 Å². The number of nitrogens with zero attached hydrogens (tertiary/aromatic N) is 3. The first-order chi connectivity index (χ1) is 15.3. The molecule has 32 heavy (non-hydrogen) atoms. The van der Waals surface area contributed by atoms with Gasteiger partial charge in [0.05, 0.1) is 27.3 Å². The molecule has 1 N–H and O–H groups in total. The molecule has 3 rings (SSSR count). The average Bonchev–Trinajstić information content (AvgIpc) is 2.79. The minimum absolute atomic E-state index is 0.0551. The lowest BCUT2D eigenvalue weighted by atomic mass is 10.2. The quantitative estimate of drug-likeness (QED) is 0.317. The van der Waals surface area contributed by atoms with Gasteiger partial charge in [-0.25, -0.2) is 18.2 Å². The second kappa shape index (κ2) is 9.79. The number of rotatable bonds is 8. The number of amides is 1. The fourth-order valence-electron chi connectivity index (χ4n) is 2.74. The Morgan fingerprint density at radius 3 is 2.31 bits per heavy atom. The molecule has 0 fully saturated rings. The van der Waals surface area contributed by atoms with Crippen molar-refractivity contribution in [2.75, 3.05) is 10.8 Å². The van der Waals surface area contributed by atoms with E-state index in [0.717, 1.165) is 22.7 Å². The first-order valence-electron chi connectivity index (χ1n) is 9.18. The third-order valence-electron chi connectivity index (χ3n) is 4.26. The highest BCUT2D eigenvalue weighted by molar-refractivity contribution is 7.92. The summed E-state index contributed by atoms with van der Waals surface area (Å²) in [5.41, 5.74) is 2.19. The molecule has 0 heterocycles. The Balaban J connectivity index is 1.83. The number of benzene rings is 3. The predicted molar refractivity (Wildman–Crippen MR) is 116 cm³/mol. The first-order valence-corrected chi connectivity index (χ1v) is 10.6. The number of hydrogen-bond acceptors (Lipinski definition) is 6. The molecule has 164 valence electrons. The summed E-state index contributed by atoms with van der Waals surface area (Å²) in [6.07, 6.45) is 1.09. The highest BCUT2D eigenvalue weighted by Crippen LogP contribution is 2.23. The van der Waals surface area contributed by atoms with E-state index < -0.39 is 33.2 Å². The van der Waals surface area contributed by atoms with Crippen molar-refractivity contribution in [1.82, 2.24) is 5.43 Å². The number of halogens is 1. The SMILES string of the molecule is O=C(CN(c1ccc(F)cc1)S(=O)(=O)c1ccccc1)N/N=C\c1ccccc1[N+](=O)[O-]. The van der Waals surface area contributed by atoms with Crippen molar-refractivity contribution in [3.63, 3.8) is 0 Å². The Labute approximate surface area is 183 Å². The average molecular weight is 456 g/mol. The zero-order chi connectivity index (χ0) is 23.1. The van der Waals surface area contributed by atoms with E-state index in [1.807, 2.05) is 0 Å². The molecule has 0 aliphatic carbocycles. The second-order valence-electron chi connectivity index (χ2n) is 6.41. The fourth-order valence-corrected chi connectivity index (χ4v) is 4.19. The van der Waals surface area contributed by atoms with Crippen molar-refractivity contribution in [1.29, 1.82) is 0 Å². The molecule has 3 aromatic carbocycles. The summed E-state index contributed by atoms with van der Waals surface area (Å²) in [4.78, 5) is 22.8. The summed E-state index contributed by atoms with van der Waals surface area (Å²) in [5, 5.41) is 14.7. The van der Waals surface area contributed by atoms with Crippen molar-refractivity contribution < 1.29 is 22.5 Å². The number of hydrazone groups is 1. The van der Waals surface area contributed by atoms with Gasteiger partial charge < -0.3 is 0 Å². The molecule has 0 radical (unpaired) electrons. The molecule has 11 heteroatoms. The van der Waals surface area contributed by atoms with Gasteiger partial charge in [0.2, 0.25) is 0 Å². The molecular formula is C21H17FN4O5S. The summed E-state index contributed by atoms with van der Waals surface area (Å²) in [6.45, 7) is -0.656. The predicted octanol–water partition coefficient (Wildman–Crippen LogP) is 3.08. The zero-order valence-electron chi connectivity index (χ0n) is 16.5. The van der Waals surface area contributed by atoms with Gasteiger partial charge in [0.25, 0.3) is 21.6 Å². The summed E-state index contributed by atoms with van der Waals surface area (Å²) < 4.78 is 40.4. The molecule has 0 aliphatic heterocycles. The largest absolute Gasteiger partial charge is 0.278 e. The number of nitro groups is 1. The summed E-state index contributed by atoms with van der Waals surface area (Å²) in [7, 11) is -4.15. The number of hydrogen-bond donors (Lipinski definition) is 1. The van der Waals surface area contributed by atoms with Crippen LogP contribution in [0.5, 0.6) is 0 Å². The number of anilines is 1. The van der Waals surface area contributed by atoms with Crippen molar-refractivity contribution in [3.8, 4) is 0 Å². The van der Waals surface area contributed by atoms with Crippen LogP contribution in [0.1, 0.15) is 5.56 Å². The van der Waals surface area contributed by atoms with E-state index in [4.69, 9.17) is 0 Å². The van der Waals surface area contributed by atoms with Crippen LogP contribution in [0.15, 0.2) is 88.9 Å². The van der Waals surface area contributed by atoms with Crippen LogP contribution in [0, 0.1) is 15.9 Å². The Hall–Kier alpha value is -4.12. The third kappa shape index (κ3) is 5.32. The molecular weight excluding hydrogens is 439 g/mol. The van der Waals surface area contributed by atoms with Crippen LogP contribution in [0.4, 0.5) is 15.8 Å². The maximum atomic E-state index is 13.3. The molecule has 1 amide bonds. The molecule has 0 unspecified atom stereocenters. The zero-order valence-corrected chi connectivity index (χ0v) is 17.3. The highest BCUT2D eigenvalue weighted by Gasteiger charge is 2.27. The topological polar surface area (TPSA) is 122 Å². The van der Waals surface area contributed by atoms with Crippen LogP contribution in [0.2, 0.25) is 0 Å². The van der Waals surface area contributed by atoms with E-state index >= 15 is 0 Å². The fraction of sp³-hybridized carbons (Fsp3) is 0.0476. The summed E-state index contributed by atoms with van der Waals surface area (Å²) in [6, 6.07) is 17.9. The van der Waals surface area contributed by atoms with E-state index in [9.17, 15) is 27.7 Å². The van der Waals surface area contributed by atoms with E-state index in [0.29, 0.717) is 0 Å². The van der Waals surface area contributed by atoms with E-state index in [-0.39, 0.29) is 21.8 Å². The molecule has 0 saturated heterocycles. The lowest BCUT2D eigenvalue weighted by molar-refractivity contribution is -0.385. The lowest BCUT2D eigenvalue weighted by Crippen LogP contribution is -2.39. The summed E-state index contributed by atoms with van der Waals surface area (Å²) in [5.74, 6) is -1.37. The molecule has 0 spiro atoms. The molecule has 0 aliphatic rings. The van der Waals surface area contributed by atoms with Crippen molar-refractivity contribution >= 4 is 33.5 Å². The number of carbonyl (C=O) groups is 1. The summed E-state index contributed by atoms with van der Waals surface area (Å²) >= 11 is 0. The minimum Gasteiger partial charge on any atom is -0.271 e. The Morgan fingerprint density at radius 2 is 1.66 bits per heavy atom. The monoisotopic (exact) mass is 456 g/mol. The van der Waals surface area contributed by atoms with Gasteiger partial charge >= 0.3 is 0 Å². The number of para-hydroxylation sites is 1. The number of sulfonamides is 1. The Morgan fingerprint density at radius 1 is 1.03 bits per heavy atom. The van der Waals surface area contributed by atoms with Crippen molar-refractivity contribution in [2.45, 2.75) is 4.90 Å². The van der Waals surface area contributed by atoms with Gasteiger partial charge in [-0.3, -0.25) is 19.2 Å². The molecule has 9 nitrogen and oxygen atoms in total. The van der Waals surface area contributed by atoms with Crippen molar-refractivity contribution in [3.05, 3.63) is 100 Å². The molecule has 0 bridgehead atoms.